The van der Waals surface area contributed by atoms with Crippen LogP contribution in [0.25, 0.3) is 0 Å². The van der Waals surface area contributed by atoms with E-state index in [4.69, 9.17) is 4.74 Å². The van der Waals surface area contributed by atoms with Crippen molar-refractivity contribution in [3.8, 4) is 0 Å². The Balaban J connectivity index is 2.37. The number of alkyl halides is 1. The minimum absolute atomic E-state index is 0.128. The fourth-order valence-electron chi connectivity index (χ4n) is 1.00. The van der Waals surface area contributed by atoms with E-state index in [9.17, 15) is 0 Å². The normalized spacial score (nSPS) is 26.0. The van der Waals surface area contributed by atoms with E-state index in [1.165, 1.54) is 0 Å². The van der Waals surface area contributed by atoms with Crippen molar-refractivity contribution in [1.29, 1.82) is 0 Å². The number of hydrogen-bond donors (Lipinski definition) is 1. The fraction of sp³-hybridized carbons (Fsp3) is 1.00. The van der Waals surface area contributed by atoms with Crippen LogP contribution >= 0.6 is 22.6 Å². The van der Waals surface area contributed by atoms with Gasteiger partial charge in [-0.2, -0.15) is 0 Å². The Morgan fingerprint density at radius 3 is 2.33 bits per heavy atom. The molecule has 1 heterocycles. The lowest BCUT2D eigenvalue weighted by Gasteiger charge is -2.30. The van der Waals surface area contributed by atoms with Crippen molar-refractivity contribution >= 4 is 22.6 Å². The van der Waals surface area contributed by atoms with Gasteiger partial charge in [-0.05, 0) is 48.5 Å². The third-order valence-corrected chi connectivity index (χ3v) is 3.24. The van der Waals surface area contributed by atoms with Crippen LogP contribution in [0.5, 0.6) is 0 Å². The van der Waals surface area contributed by atoms with Crippen molar-refractivity contribution < 1.29 is 4.74 Å². The average Bonchev–Trinajstić information content (AvgIpc) is 1.90. The van der Waals surface area contributed by atoms with E-state index in [0.29, 0.717) is 0 Å². The number of rotatable bonds is 1. The molecular weight excluding hydrogens is 229 g/mol. The lowest BCUT2D eigenvalue weighted by Crippen LogP contribution is -2.38. The van der Waals surface area contributed by atoms with E-state index in [-0.39, 0.29) is 3.61 Å². The third kappa shape index (κ3) is 2.05. The summed E-state index contributed by atoms with van der Waals surface area (Å²) < 4.78 is 5.45. The van der Waals surface area contributed by atoms with Gasteiger partial charge in [0.2, 0.25) is 0 Å². The first-order valence-corrected chi connectivity index (χ1v) is 4.29. The minimum atomic E-state index is 0.128. The molecule has 9 heavy (non-hydrogen) atoms. The highest BCUT2D eigenvalue weighted by Crippen LogP contribution is 2.29. The molecule has 1 N–H and O–H groups in total. The summed E-state index contributed by atoms with van der Waals surface area (Å²) in [5, 5.41) is 3.29. The zero-order chi connectivity index (χ0) is 6.74. The molecule has 0 unspecified atom stereocenters. The predicted octanol–water partition coefficient (Wildman–Crippen LogP) is 1.15. The van der Waals surface area contributed by atoms with Gasteiger partial charge in [-0.25, -0.2) is 0 Å². The van der Waals surface area contributed by atoms with E-state index in [1.807, 2.05) is 0 Å². The van der Waals surface area contributed by atoms with E-state index in [0.717, 1.165) is 25.9 Å². The molecule has 0 aromatic heterocycles. The zero-order valence-electron chi connectivity index (χ0n) is 5.61. The predicted molar refractivity (Wildman–Crippen MR) is 45.9 cm³/mol. The van der Waals surface area contributed by atoms with Gasteiger partial charge in [0, 0.05) is 7.11 Å². The summed E-state index contributed by atoms with van der Waals surface area (Å²) in [6.45, 7) is 2.19. The van der Waals surface area contributed by atoms with E-state index < -0.39 is 0 Å². The number of halogens is 1. The summed E-state index contributed by atoms with van der Waals surface area (Å²) in [6.07, 6.45) is 2.26. The molecule has 54 valence electrons. The topological polar surface area (TPSA) is 21.3 Å². The highest BCUT2D eigenvalue weighted by Gasteiger charge is 2.27. The highest BCUT2D eigenvalue weighted by atomic mass is 127. The third-order valence-electron chi connectivity index (χ3n) is 1.72. The largest absolute Gasteiger partial charge is 0.368 e. The van der Waals surface area contributed by atoms with Crippen LogP contribution < -0.4 is 5.32 Å². The van der Waals surface area contributed by atoms with Crippen molar-refractivity contribution in [2.45, 2.75) is 16.4 Å². The Morgan fingerprint density at radius 2 is 2.00 bits per heavy atom. The summed E-state index contributed by atoms with van der Waals surface area (Å²) >= 11 is 2.39. The number of methoxy groups -OCH3 is 1. The zero-order valence-corrected chi connectivity index (χ0v) is 7.77. The maximum atomic E-state index is 5.33. The molecule has 0 atom stereocenters. The van der Waals surface area contributed by atoms with Crippen LogP contribution in [0, 0.1) is 0 Å². The first-order valence-electron chi connectivity index (χ1n) is 3.22. The molecule has 3 heteroatoms. The van der Waals surface area contributed by atoms with Crippen molar-refractivity contribution in [3.05, 3.63) is 0 Å². The van der Waals surface area contributed by atoms with Crippen molar-refractivity contribution in [2.24, 2.45) is 0 Å². The van der Waals surface area contributed by atoms with Crippen LogP contribution in [-0.2, 0) is 4.74 Å². The lowest BCUT2D eigenvalue weighted by molar-refractivity contribution is 0.0610. The van der Waals surface area contributed by atoms with E-state index in [2.05, 4.69) is 27.9 Å². The molecule has 1 saturated heterocycles. The van der Waals surface area contributed by atoms with Crippen LogP contribution in [0.4, 0.5) is 0 Å². The Hall–Kier alpha value is 0.650. The maximum absolute atomic E-state index is 5.33. The minimum Gasteiger partial charge on any atom is -0.368 e. The molecule has 0 saturated carbocycles. The van der Waals surface area contributed by atoms with Gasteiger partial charge in [0.05, 0.1) is 0 Å². The van der Waals surface area contributed by atoms with Crippen LogP contribution in [0.1, 0.15) is 12.8 Å². The van der Waals surface area contributed by atoms with Crippen LogP contribution in [0.3, 0.4) is 0 Å². The van der Waals surface area contributed by atoms with Crippen LogP contribution in [0.15, 0.2) is 0 Å². The first kappa shape index (κ1) is 7.75. The summed E-state index contributed by atoms with van der Waals surface area (Å²) in [5.41, 5.74) is 0. The summed E-state index contributed by atoms with van der Waals surface area (Å²) in [5.74, 6) is 0. The molecule has 0 bridgehead atoms. The second kappa shape index (κ2) is 3.16. The second-order valence-electron chi connectivity index (χ2n) is 2.34. The maximum Gasteiger partial charge on any atom is 0.121 e. The van der Waals surface area contributed by atoms with Crippen LogP contribution in [0.2, 0.25) is 0 Å². The molecule has 0 aromatic carbocycles. The molecule has 1 fully saturated rings. The molecular formula is C6H12INO. The smallest absolute Gasteiger partial charge is 0.121 e. The monoisotopic (exact) mass is 241 g/mol. The Morgan fingerprint density at radius 1 is 1.44 bits per heavy atom. The highest BCUT2D eigenvalue weighted by molar-refractivity contribution is 14.1. The molecule has 0 aliphatic carbocycles. The Labute approximate surface area is 69.5 Å². The SMILES string of the molecule is COC1(I)CCNCC1. The number of ether oxygens (including phenoxy) is 1. The number of piperidine rings is 1. The van der Waals surface area contributed by atoms with Gasteiger partial charge in [-0.15, -0.1) is 0 Å². The standard InChI is InChI=1S/C6H12INO/c1-9-6(7)2-4-8-5-3-6/h8H,2-5H2,1H3. The first-order chi connectivity index (χ1) is 4.27. The molecule has 1 rings (SSSR count). The number of hydrogen-bond acceptors (Lipinski definition) is 2. The van der Waals surface area contributed by atoms with Crippen LogP contribution in [-0.4, -0.2) is 23.8 Å². The molecule has 1 aliphatic heterocycles. The fourth-order valence-corrected chi connectivity index (χ4v) is 1.54. The van der Waals surface area contributed by atoms with Gasteiger partial charge in [0.1, 0.15) is 3.61 Å². The molecule has 0 aromatic rings. The molecule has 0 radical (unpaired) electrons. The van der Waals surface area contributed by atoms with Gasteiger partial charge in [0.25, 0.3) is 0 Å². The molecule has 2 nitrogen and oxygen atoms in total. The average molecular weight is 241 g/mol. The Bertz CT molecular complexity index is 91.1. The second-order valence-corrected chi connectivity index (χ2v) is 4.30. The molecule has 0 spiro atoms. The molecule has 0 amide bonds. The van der Waals surface area contributed by atoms with E-state index >= 15 is 0 Å². The van der Waals surface area contributed by atoms with Gasteiger partial charge in [-0.1, -0.05) is 0 Å². The van der Waals surface area contributed by atoms with Gasteiger partial charge < -0.3 is 10.1 Å². The van der Waals surface area contributed by atoms with Crippen molar-refractivity contribution in [1.82, 2.24) is 5.32 Å². The lowest BCUT2D eigenvalue weighted by atomic mass is 10.1. The summed E-state index contributed by atoms with van der Waals surface area (Å²) in [6, 6.07) is 0. The van der Waals surface area contributed by atoms with Crippen molar-refractivity contribution in [2.75, 3.05) is 20.2 Å². The number of nitrogens with one attached hydrogen (secondary N) is 1. The summed E-state index contributed by atoms with van der Waals surface area (Å²) in [7, 11) is 1.79. The van der Waals surface area contributed by atoms with Gasteiger partial charge in [0.15, 0.2) is 0 Å². The molecule has 1 aliphatic rings. The van der Waals surface area contributed by atoms with E-state index in [1.54, 1.807) is 7.11 Å². The van der Waals surface area contributed by atoms with Gasteiger partial charge >= 0.3 is 0 Å². The summed E-state index contributed by atoms with van der Waals surface area (Å²) in [4.78, 5) is 0. The quantitative estimate of drug-likeness (QED) is 0.549. The Kier molecular flexibility index (Phi) is 2.73. The van der Waals surface area contributed by atoms with Gasteiger partial charge in [-0.3, -0.25) is 0 Å². The van der Waals surface area contributed by atoms with Crippen molar-refractivity contribution in [3.63, 3.8) is 0 Å².